The summed E-state index contributed by atoms with van der Waals surface area (Å²) in [5.74, 6) is 1.59. The van der Waals surface area contributed by atoms with Crippen molar-refractivity contribution in [3.05, 3.63) is 58.7 Å². The lowest BCUT2D eigenvalue weighted by molar-refractivity contribution is -0.121. The van der Waals surface area contributed by atoms with Crippen molar-refractivity contribution in [3.8, 4) is 11.5 Å². The molecule has 138 valence electrons. The van der Waals surface area contributed by atoms with Gasteiger partial charge < -0.3 is 9.47 Å². The number of amides is 1. The van der Waals surface area contributed by atoms with E-state index in [1.54, 1.807) is 20.4 Å². The Morgan fingerprint density at radius 3 is 2.50 bits per heavy atom. The molecule has 2 aromatic carbocycles. The molecule has 26 heavy (non-hydrogen) atoms. The summed E-state index contributed by atoms with van der Waals surface area (Å²) < 4.78 is 10.5. The molecule has 0 atom stereocenters. The molecule has 5 heteroatoms. The molecule has 0 bridgehead atoms. The minimum Gasteiger partial charge on any atom is -0.496 e. The van der Waals surface area contributed by atoms with E-state index in [0.29, 0.717) is 6.42 Å². The molecule has 0 heterocycles. The van der Waals surface area contributed by atoms with Gasteiger partial charge in [0.15, 0.2) is 0 Å². The molecule has 0 aliphatic heterocycles. The number of nitrogens with zero attached hydrogens (tertiary/aromatic N) is 1. The molecule has 2 rings (SSSR count). The van der Waals surface area contributed by atoms with Crippen molar-refractivity contribution < 1.29 is 14.3 Å². The molecule has 0 unspecified atom stereocenters. The third kappa shape index (κ3) is 5.62. The molecular formula is C21H26N2O3. The van der Waals surface area contributed by atoms with Crippen LogP contribution in [0.4, 0.5) is 0 Å². The van der Waals surface area contributed by atoms with Crippen LogP contribution in [0.25, 0.3) is 0 Å². The maximum absolute atomic E-state index is 11.9. The second-order valence-corrected chi connectivity index (χ2v) is 6.18. The first-order chi connectivity index (χ1) is 12.5. The lowest BCUT2D eigenvalue weighted by atomic mass is 10.1. The van der Waals surface area contributed by atoms with Gasteiger partial charge in [-0.15, -0.1) is 0 Å². The van der Waals surface area contributed by atoms with Crippen LogP contribution in [0.2, 0.25) is 0 Å². The summed E-state index contributed by atoms with van der Waals surface area (Å²) in [6.07, 6.45) is 3.66. The Morgan fingerprint density at radius 2 is 1.81 bits per heavy atom. The fourth-order valence-corrected chi connectivity index (χ4v) is 2.70. The average Bonchev–Trinajstić information content (AvgIpc) is 2.63. The van der Waals surface area contributed by atoms with Crippen molar-refractivity contribution >= 4 is 12.1 Å². The van der Waals surface area contributed by atoms with E-state index in [0.717, 1.165) is 41.0 Å². The number of rotatable bonds is 8. The number of ether oxygens (including phenoxy) is 2. The van der Waals surface area contributed by atoms with E-state index in [9.17, 15) is 4.79 Å². The highest BCUT2D eigenvalue weighted by Crippen LogP contribution is 2.19. The molecule has 0 saturated carbocycles. The van der Waals surface area contributed by atoms with E-state index < -0.39 is 0 Å². The summed E-state index contributed by atoms with van der Waals surface area (Å²) >= 11 is 0. The van der Waals surface area contributed by atoms with E-state index in [1.165, 1.54) is 5.56 Å². The van der Waals surface area contributed by atoms with Crippen LogP contribution < -0.4 is 14.9 Å². The molecule has 5 nitrogen and oxygen atoms in total. The van der Waals surface area contributed by atoms with E-state index in [4.69, 9.17) is 9.47 Å². The Balaban J connectivity index is 1.77. The standard InChI is InChI=1S/C21H26N2O3/c1-15-8-9-18(13-20(15)26-4)14-22-23-21(24)7-5-6-17-10-11-19(25-3)16(2)12-17/h8-14H,5-7H2,1-4H3,(H,23,24)/b22-14-. The molecule has 0 radical (unpaired) electrons. The van der Waals surface area contributed by atoms with E-state index in [-0.39, 0.29) is 5.91 Å². The van der Waals surface area contributed by atoms with Gasteiger partial charge in [0.05, 0.1) is 20.4 Å². The van der Waals surface area contributed by atoms with Gasteiger partial charge in [0.25, 0.3) is 0 Å². The third-order valence-electron chi connectivity index (χ3n) is 4.16. The van der Waals surface area contributed by atoms with Crippen molar-refractivity contribution in [2.45, 2.75) is 33.1 Å². The molecule has 0 aromatic heterocycles. The molecule has 2 aromatic rings. The predicted octanol–water partition coefficient (Wildman–Crippen LogP) is 3.79. The molecule has 0 saturated heterocycles. The average molecular weight is 354 g/mol. The molecule has 1 amide bonds. The topological polar surface area (TPSA) is 59.9 Å². The highest BCUT2D eigenvalue weighted by molar-refractivity contribution is 5.83. The zero-order chi connectivity index (χ0) is 18.9. The number of carbonyl (C=O) groups excluding carboxylic acids is 1. The van der Waals surface area contributed by atoms with Gasteiger partial charge in [0.2, 0.25) is 5.91 Å². The Labute approximate surface area is 155 Å². The first-order valence-electron chi connectivity index (χ1n) is 8.63. The van der Waals surface area contributed by atoms with Crippen molar-refractivity contribution in [1.29, 1.82) is 0 Å². The van der Waals surface area contributed by atoms with Gasteiger partial charge in [-0.1, -0.05) is 24.3 Å². The maximum atomic E-state index is 11.9. The molecule has 0 fully saturated rings. The summed E-state index contributed by atoms with van der Waals surface area (Å²) in [5, 5.41) is 4.01. The quantitative estimate of drug-likeness (QED) is 0.579. The first kappa shape index (κ1) is 19.5. The lowest BCUT2D eigenvalue weighted by Crippen LogP contribution is -2.17. The van der Waals surface area contributed by atoms with Crippen LogP contribution in [-0.4, -0.2) is 26.3 Å². The second kappa shape index (κ2) is 9.61. The summed E-state index contributed by atoms with van der Waals surface area (Å²) in [6, 6.07) is 11.9. The van der Waals surface area contributed by atoms with Crippen LogP contribution in [0.5, 0.6) is 11.5 Å². The minimum absolute atomic E-state index is 0.0921. The summed E-state index contributed by atoms with van der Waals surface area (Å²) in [4.78, 5) is 11.9. The number of benzene rings is 2. The van der Waals surface area contributed by atoms with E-state index >= 15 is 0 Å². The number of carbonyl (C=O) groups is 1. The fraction of sp³-hybridized carbons (Fsp3) is 0.333. The van der Waals surface area contributed by atoms with E-state index in [2.05, 4.69) is 16.6 Å². The zero-order valence-corrected chi connectivity index (χ0v) is 15.8. The van der Waals surface area contributed by atoms with Crippen LogP contribution in [0.3, 0.4) is 0 Å². The number of aryl methyl sites for hydroxylation is 3. The highest BCUT2D eigenvalue weighted by Gasteiger charge is 2.03. The van der Waals surface area contributed by atoms with Crippen LogP contribution in [0, 0.1) is 13.8 Å². The number of hydrazone groups is 1. The van der Waals surface area contributed by atoms with Crippen LogP contribution in [0.1, 0.15) is 35.1 Å². The summed E-state index contributed by atoms with van der Waals surface area (Å²) in [5.41, 5.74) is 6.81. The minimum atomic E-state index is -0.0921. The van der Waals surface area contributed by atoms with Crippen molar-refractivity contribution in [2.75, 3.05) is 14.2 Å². The molecule has 0 spiro atoms. The number of nitrogens with one attached hydrogen (secondary N) is 1. The summed E-state index contributed by atoms with van der Waals surface area (Å²) in [6.45, 7) is 4.00. The van der Waals surface area contributed by atoms with Gasteiger partial charge in [-0.05, 0) is 61.1 Å². The van der Waals surface area contributed by atoms with Crippen LogP contribution >= 0.6 is 0 Å². The van der Waals surface area contributed by atoms with Crippen LogP contribution in [0.15, 0.2) is 41.5 Å². The molecular weight excluding hydrogens is 328 g/mol. The normalized spacial score (nSPS) is 10.8. The fourth-order valence-electron chi connectivity index (χ4n) is 2.70. The van der Waals surface area contributed by atoms with Gasteiger partial charge in [-0.3, -0.25) is 4.79 Å². The molecule has 0 aliphatic carbocycles. The monoisotopic (exact) mass is 354 g/mol. The van der Waals surface area contributed by atoms with Gasteiger partial charge >= 0.3 is 0 Å². The Hall–Kier alpha value is -2.82. The highest BCUT2D eigenvalue weighted by atomic mass is 16.5. The third-order valence-corrected chi connectivity index (χ3v) is 4.16. The van der Waals surface area contributed by atoms with Gasteiger partial charge in [0.1, 0.15) is 11.5 Å². The zero-order valence-electron chi connectivity index (χ0n) is 15.8. The van der Waals surface area contributed by atoms with Gasteiger partial charge in [-0.25, -0.2) is 5.43 Å². The van der Waals surface area contributed by atoms with Crippen molar-refractivity contribution in [2.24, 2.45) is 5.10 Å². The molecule has 0 aliphatic rings. The lowest BCUT2D eigenvalue weighted by Gasteiger charge is -2.07. The predicted molar refractivity (Wildman–Crippen MR) is 104 cm³/mol. The SMILES string of the molecule is COc1ccc(CCCC(=O)N/N=C\c2ccc(C)c(OC)c2)cc1C. The molecule has 1 N–H and O–H groups in total. The van der Waals surface area contributed by atoms with Crippen LogP contribution in [-0.2, 0) is 11.2 Å². The largest absolute Gasteiger partial charge is 0.496 e. The Morgan fingerprint density at radius 1 is 1.04 bits per heavy atom. The smallest absolute Gasteiger partial charge is 0.240 e. The Bertz CT molecular complexity index is 785. The first-order valence-corrected chi connectivity index (χ1v) is 8.63. The van der Waals surface area contributed by atoms with E-state index in [1.807, 2.05) is 44.2 Å². The maximum Gasteiger partial charge on any atom is 0.240 e. The summed E-state index contributed by atoms with van der Waals surface area (Å²) in [7, 11) is 3.30. The number of hydrogen-bond donors (Lipinski definition) is 1. The number of hydrogen-bond acceptors (Lipinski definition) is 4. The number of methoxy groups -OCH3 is 2. The van der Waals surface area contributed by atoms with Crippen molar-refractivity contribution in [1.82, 2.24) is 5.43 Å². The van der Waals surface area contributed by atoms with Gasteiger partial charge in [0, 0.05) is 6.42 Å². The Kier molecular flexibility index (Phi) is 7.21. The van der Waals surface area contributed by atoms with Gasteiger partial charge in [-0.2, -0.15) is 5.10 Å². The van der Waals surface area contributed by atoms with Crippen molar-refractivity contribution in [3.63, 3.8) is 0 Å². The second-order valence-electron chi connectivity index (χ2n) is 6.18.